The van der Waals surface area contributed by atoms with Crippen LogP contribution in [0.5, 0.6) is 0 Å². The van der Waals surface area contributed by atoms with E-state index in [9.17, 15) is 0 Å². The summed E-state index contributed by atoms with van der Waals surface area (Å²) < 4.78 is 0. The van der Waals surface area contributed by atoms with Crippen molar-refractivity contribution in [2.45, 2.75) is 26.2 Å². The molecule has 0 aromatic carbocycles. The Balaban J connectivity index is -0.000000180. The minimum Gasteiger partial charge on any atom is -1.00 e. The van der Waals surface area contributed by atoms with Crippen LogP contribution in [0.1, 0.15) is 26.2 Å². The summed E-state index contributed by atoms with van der Waals surface area (Å²) in [5.41, 5.74) is 0. The third-order valence-electron chi connectivity index (χ3n) is 0.891. The summed E-state index contributed by atoms with van der Waals surface area (Å²) in [5.74, 6) is 0. The maximum absolute atomic E-state index is 4.89. The van der Waals surface area contributed by atoms with Crippen LogP contribution in [0.15, 0.2) is 0 Å². The lowest BCUT2D eigenvalue weighted by molar-refractivity contribution is -0.00000177. The minimum atomic E-state index is 0. The second-order valence-electron chi connectivity index (χ2n) is 1.61. The third kappa shape index (κ3) is 17.9. The molecule has 9 heavy (non-hydrogen) atoms. The Morgan fingerprint density at radius 1 is 1.33 bits per heavy atom. The van der Waals surface area contributed by atoms with Crippen molar-refractivity contribution in [1.82, 2.24) is 0 Å². The van der Waals surface area contributed by atoms with E-state index >= 15 is 0 Å². The largest absolute Gasteiger partial charge is 1.00 e. The number of unbranched alkanes of at least 4 members (excludes halogenated alkanes) is 2. The first-order valence-corrected chi connectivity index (χ1v) is 2.78. The molecule has 0 N–H and O–H groups in total. The normalized spacial score (nSPS) is 6.22. The molecule has 0 unspecified atom stereocenters. The summed E-state index contributed by atoms with van der Waals surface area (Å²) in [6, 6.07) is 0. The standard InChI is InChI=1S/C6H12N.2ClH/c1-3-4-5-6-7-2;;/h2H,3-6H2,1H3;2*1H/q+1;;/p-1. The highest BCUT2D eigenvalue weighted by Gasteiger charge is 1.86. The molecule has 0 fully saturated rings. The molecule has 0 saturated heterocycles. The molecule has 0 bridgehead atoms. The van der Waals surface area contributed by atoms with E-state index in [-0.39, 0.29) is 24.8 Å². The summed E-state index contributed by atoms with van der Waals surface area (Å²) in [4.78, 5) is 3.47. The monoisotopic (exact) mass is 169 g/mol. The van der Waals surface area contributed by atoms with Gasteiger partial charge in [0.1, 0.15) is 0 Å². The van der Waals surface area contributed by atoms with E-state index in [4.69, 9.17) is 6.57 Å². The lowest BCUT2D eigenvalue weighted by atomic mass is 10.3. The Kier molecular flexibility index (Phi) is 28.0. The molecule has 0 aromatic rings. The number of hydrogen-bond acceptors (Lipinski definition) is 0. The van der Waals surface area contributed by atoms with Crippen molar-refractivity contribution in [2.24, 2.45) is 0 Å². The van der Waals surface area contributed by atoms with Gasteiger partial charge in [-0.05, 0) is 6.42 Å². The minimum absolute atomic E-state index is 0. The van der Waals surface area contributed by atoms with Gasteiger partial charge in [0.25, 0.3) is 13.1 Å². The number of nitrogens with zero attached hydrogens (tertiary/aromatic N) is 1. The molecular weight excluding hydrogens is 157 g/mol. The lowest BCUT2D eigenvalue weighted by Crippen LogP contribution is -3.00. The molecule has 0 aliphatic carbocycles. The van der Waals surface area contributed by atoms with Gasteiger partial charge in [0.05, 0.1) is 0 Å². The maximum atomic E-state index is 4.89. The average Bonchev–Trinajstić information content (AvgIpc) is 1.69. The Hall–Kier alpha value is 0.0700. The molecule has 0 aromatic heterocycles. The van der Waals surface area contributed by atoms with E-state index in [2.05, 4.69) is 11.8 Å². The summed E-state index contributed by atoms with van der Waals surface area (Å²) in [6.07, 6.45) is 3.64. The van der Waals surface area contributed by atoms with Gasteiger partial charge < -0.3 is 12.4 Å². The first-order chi connectivity index (χ1) is 3.41. The molecule has 1 nitrogen and oxygen atoms in total. The predicted octanol–water partition coefficient (Wildman–Crippen LogP) is -0.435. The highest BCUT2D eigenvalue weighted by atomic mass is 35.5. The molecule has 0 spiro atoms. The Bertz CT molecular complexity index is 67.9. The van der Waals surface area contributed by atoms with E-state index in [1.165, 1.54) is 12.8 Å². The average molecular weight is 170 g/mol. The van der Waals surface area contributed by atoms with E-state index in [1.54, 1.807) is 0 Å². The van der Waals surface area contributed by atoms with Gasteiger partial charge in [0.2, 0.25) is 0 Å². The van der Waals surface area contributed by atoms with Crippen LogP contribution in [0, 0.1) is 6.57 Å². The van der Waals surface area contributed by atoms with Crippen molar-refractivity contribution < 1.29 is 12.4 Å². The van der Waals surface area contributed by atoms with Gasteiger partial charge in [-0.1, -0.05) is 18.2 Å². The van der Waals surface area contributed by atoms with Crippen molar-refractivity contribution in [2.75, 3.05) is 6.54 Å². The zero-order valence-electron chi connectivity index (χ0n) is 5.64. The Labute approximate surface area is 69.5 Å². The number of hydrogen-bond donors (Lipinski definition) is 0. The van der Waals surface area contributed by atoms with E-state index in [0.717, 1.165) is 13.0 Å². The fourth-order valence-corrected chi connectivity index (χ4v) is 0.453. The first kappa shape index (κ1) is 16.0. The molecule has 0 aliphatic rings. The molecule has 0 atom stereocenters. The summed E-state index contributed by atoms with van der Waals surface area (Å²) in [7, 11) is 0. The van der Waals surface area contributed by atoms with Crippen LogP contribution in [0.3, 0.4) is 0 Å². The van der Waals surface area contributed by atoms with Crippen LogP contribution in [0.2, 0.25) is 0 Å². The molecular formula is C6H13Cl2N. The fraction of sp³-hybridized carbons (Fsp3) is 0.833. The summed E-state index contributed by atoms with van der Waals surface area (Å²) in [6.45, 7) is 7.88. The predicted molar refractivity (Wildman–Crippen MR) is 39.9 cm³/mol. The zero-order valence-corrected chi connectivity index (χ0v) is 7.21. The number of rotatable bonds is 3. The van der Waals surface area contributed by atoms with Crippen LogP contribution in [-0.2, 0) is 0 Å². The van der Waals surface area contributed by atoms with Gasteiger partial charge in [-0.15, -0.1) is 12.4 Å². The van der Waals surface area contributed by atoms with Gasteiger partial charge in [-0.25, -0.2) is 0 Å². The maximum Gasteiger partial charge on any atom is 0.263 e. The quantitative estimate of drug-likeness (QED) is 0.506. The molecule has 0 heterocycles. The van der Waals surface area contributed by atoms with Crippen LogP contribution in [0.25, 0.3) is 4.85 Å². The molecule has 0 rings (SSSR count). The van der Waals surface area contributed by atoms with E-state index in [0.29, 0.717) is 0 Å². The molecule has 56 valence electrons. The molecule has 0 aliphatic heterocycles. The topological polar surface area (TPSA) is 4.36 Å². The van der Waals surface area contributed by atoms with Crippen LogP contribution in [-0.4, -0.2) is 6.54 Å². The number of halogens is 2. The third-order valence-corrected chi connectivity index (χ3v) is 0.891. The van der Waals surface area contributed by atoms with Crippen molar-refractivity contribution in [3.05, 3.63) is 4.85 Å². The Morgan fingerprint density at radius 3 is 2.22 bits per heavy atom. The molecule has 0 saturated carbocycles. The van der Waals surface area contributed by atoms with Gasteiger partial charge in [0, 0.05) is 6.42 Å². The fourth-order valence-electron chi connectivity index (χ4n) is 0.453. The van der Waals surface area contributed by atoms with E-state index in [1.807, 2.05) is 0 Å². The van der Waals surface area contributed by atoms with Crippen molar-refractivity contribution >= 4 is 12.4 Å². The van der Waals surface area contributed by atoms with Crippen molar-refractivity contribution in [3.63, 3.8) is 0 Å². The smallest absolute Gasteiger partial charge is 0.263 e. The van der Waals surface area contributed by atoms with Crippen LogP contribution < -0.4 is 12.4 Å². The second-order valence-corrected chi connectivity index (χ2v) is 1.61. The molecule has 0 amide bonds. The summed E-state index contributed by atoms with van der Waals surface area (Å²) in [5, 5.41) is 0. The van der Waals surface area contributed by atoms with E-state index < -0.39 is 0 Å². The molecule has 0 radical (unpaired) electrons. The summed E-state index contributed by atoms with van der Waals surface area (Å²) >= 11 is 0. The van der Waals surface area contributed by atoms with Gasteiger partial charge >= 0.3 is 0 Å². The molecule has 3 heteroatoms. The zero-order chi connectivity index (χ0) is 5.54. The van der Waals surface area contributed by atoms with Gasteiger partial charge in [-0.2, -0.15) is 0 Å². The van der Waals surface area contributed by atoms with Gasteiger partial charge in [-0.3, -0.25) is 0 Å². The van der Waals surface area contributed by atoms with Gasteiger partial charge in [0.15, 0.2) is 0 Å². The first-order valence-electron chi connectivity index (χ1n) is 2.78. The lowest BCUT2D eigenvalue weighted by Gasteiger charge is -1.80. The SMILES string of the molecule is C#[N+]CCCCC.Cl.[Cl-]. The highest BCUT2D eigenvalue weighted by molar-refractivity contribution is 5.85. The Morgan fingerprint density at radius 2 is 1.89 bits per heavy atom. The van der Waals surface area contributed by atoms with Crippen molar-refractivity contribution in [3.8, 4) is 6.57 Å². The van der Waals surface area contributed by atoms with Crippen LogP contribution >= 0.6 is 12.4 Å². The second kappa shape index (κ2) is 15.7. The van der Waals surface area contributed by atoms with Crippen LogP contribution in [0.4, 0.5) is 0 Å². The highest BCUT2D eigenvalue weighted by Crippen LogP contribution is 1.92. The van der Waals surface area contributed by atoms with Crippen molar-refractivity contribution in [1.29, 1.82) is 0 Å².